The lowest BCUT2D eigenvalue weighted by Gasteiger charge is -2.21. The number of carbonyl (C=O) groups is 1. The summed E-state index contributed by atoms with van der Waals surface area (Å²) >= 11 is 1.70. The quantitative estimate of drug-likeness (QED) is 0.321. The Labute approximate surface area is 227 Å². The first-order valence-corrected chi connectivity index (χ1v) is 13.6. The zero-order valence-corrected chi connectivity index (χ0v) is 23.5. The van der Waals surface area contributed by atoms with E-state index < -0.39 is 11.6 Å². The molecule has 2 aromatic heterocycles. The van der Waals surface area contributed by atoms with E-state index in [1.807, 2.05) is 39.8 Å². The lowest BCUT2D eigenvalue weighted by Crippen LogP contribution is -2.25. The third-order valence-electron chi connectivity index (χ3n) is 6.67. The van der Waals surface area contributed by atoms with Crippen molar-refractivity contribution in [3.8, 4) is 16.1 Å². The molecule has 0 radical (unpaired) electrons. The SMILES string of the molecule is Cc1sc2c(c1C)C(c1ccc(-c3cccc(CN)c3)cc1)=NC(CC(=O)OC(C)(C)C)c1nnc(C)n1-2. The number of nitrogens with zero attached hydrogens (tertiary/aromatic N) is 4. The zero-order valence-electron chi connectivity index (χ0n) is 22.7. The summed E-state index contributed by atoms with van der Waals surface area (Å²) in [6, 6.07) is 16.2. The van der Waals surface area contributed by atoms with Gasteiger partial charge in [-0.05, 0) is 69.9 Å². The number of hydrogen-bond acceptors (Lipinski definition) is 7. The highest BCUT2D eigenvalue weighted by atomic mass is 32.1. The summed E-state index contributed by atoms with van der Waals surface area (Å²) in [5.74, 6) is 1.11. The van der Waals surface area contributed by atoms with Crippen LogP contribution in [0, 0.1) is 20.8 Å². The Bertz CT molecular complexity index is 1540. The third-order valence-corrected chi connectivity index (χ3v) is 7.87. The van der Waals surface area contributed by atoms with Gasteiger partial charge in [0.1, 0.15) is 22.5 Å². The molecule has 0 amide bonds. The first-order valence-electron chi connectivity index (χ1n) is 12.8. The van der Waals surface area contributed by atoms with Crippen LogP contribution in [0.3, 0.4) is 0 Å². The van der Waals surface area contributed by atoms with Crippen molar-refractivity contribution in [1.82, 2.24) is 14.8 Å². The molecule has 1 aliphatic heterocycles. The molecule has 5 rings (SSSR count). The van der Waals surface area contributed by atoms with Crippen LogP contribution < -0.4 is 5.73 Å². The van der Waals surface area contributed by atoms with Gasteiger partial charge in [0, 0.05) is 22.5 Å². The number of nitrogens with two attached hydrogens (primary N) is 1. The highest BCUT2D eigenvalue weighted by molar-refractivity contribution is 7.15. The van der Waals surface area contributed by atoms with Crippen molar-refractivity contribution in [3.05, 3.63) is 87.3 Å². The van der Waals surface area contributed by atoms with Crippen molar-refractivity contribution in [1.29, 1.82) is 0 Å². The second kappa shape index (κ2) is 9.93. The molecular weight excluding hydrogens is 494 g/mol. The summed E-state index contributed by atoms with van der Waals surface area (Å²) in [6.45, 7) is 12.3. The van der Waals surface area contributed by atoms with Crippen molar-refractivity contribution >= 4 is 23.0 Å². The van der Waals surface area contributed by atoms with Gasteiger partial charge in [0.05, 0.1) is 12.1 Å². The molecule has 0 fully saturated rings. The number of rotatable bonds is 5. The smallest absolute Gasteiger partial charge is 0.308 e. The lowest BCUT2D eigenvalue weighted by atomic mass is 9.96. The van der Waals surface area contributed by atoms with Crippen LogP contribution >= 0.6 is 11.3 Å². The van der Waals surface area contributed by atoms with Crippen molar-refractivity contribution in [2.45, 2.75) is 66.2 Å². The highest BCUT2D eigenvalue weighted by Gasteiger charge is 2.33. The maximum atomic E-state index is 12.9. The van der Waals surface area contributed by atoms with Gasteiger partial charge >= 0.3 is 5.97 Å². The van der Waals surface area contributed by atoms with E-state index in [1.165, 1.54) is 10.4 Å². The predicted octanol–water partition coefficient (Wildman–Crippen LogP) is 6.00. The van der Waals surface area contributed by atoms with E-state index in [-0.39, 0.29) is 12.4 Å². The van der Waals surface area contributed by atoms with Gasteiger partial charge in [0.2, 0.25) is 0 Å². The molecule has 0 spiro atoms. The number of carbonyl (C=O) groups excluding carboxylic acids is 1. The van der Waals surface area contributed by atoms with E-state index in [1.54, 1.807) is 11.3 Å². The summed E-state index contributed by atoms with van der Waals surface area (Å²) in [5.41, 5.74) is 12.7. The van der Waals surface area contributed by atoms with Gasteiger partial charge in [-0.25, -0.2) is 0 Å². The Morgan fingerprint density at radius 2 is 1.74 bits per heavy atom. The maximum Gasteiger partial charge on any atom is 0.308 e. The number of benzene rings is 2. The molecular formula is C30H33N5O2S. The van der Waals surface area contributed by atoms with E-state index in [0.717, 1.165) is 44.4 Å². The minimum absolute atomic E-state index is 0.0792. The van der Waals surface area contributed by atoms with Crippen molar-refractivity contribution < 1.29 is 9.53 Å². The standard InChI is InChI=1S/C30H33N5O2S/c1-17-18(2)38-29-26(17)27(22-12-10-21(11-13-22)23-9-7-8-20(14-23)16-31)32-24(15-25(36)37-30(4,5)6)28-34-33-19(3)35(28)29/h7-14,24H,15-16,31H2,1-6H3. The van der Waals surface area contributed by atoms with Gasteiger partial charge in [-0.3, -0.25) is 14.4 Å². The lowest BCUT2D eigenvalue weighted by molar-refractivity contribution is -0.155. The number of aromatic nitrogens is 3. The molecule has 38 heavy (non-hydrogen) atoms. The molecule has 1 unspecified atom stereocenters. The second-order valence-corrected chi connectivity index (χ2v) is 11.9. The molecule has 0 saturated heterocycles. The van der Waals surface area contributed by atoms with E-state index in [2.05, 4.69) is 65.0 Å². The average Bonchev–Trinajstić information content (AvgIpc) is 3.35. The minimum atomic E-state index is -0.582. The van der Waals surface area contributed by atoms with Gasteiger partial charge in [-0.15, -0.1) is 21.5 Å². The molecule has 1 aliphatic rings. The predicted molar refractivity (Wildman–Crippen MR) is 152 cm³/mol. The second-order valence-electron chi connectivity index (χ2n) is 10.7. The Morgan fingerprint density at radius 3 is 2.42 bits per heavy atom. The Kier molecular flexibility index (Phi) is 6.79. The van der Waals surface area contributed by atoms with Crippen LogP contribution in [0.1, 0.15) is 72.0 Å². The van der Waals surface area contributed by atoms with Crippen molar-refractivity contribution in [3.63, 3.8) is 0 Å². The van der Waals surface area contributed by atoms with Crippen LogP contribution in [-0.2, 0) is 16.1 Å². The van der Waals surface area contributed by atoms with Crippen molar-refractivity contribution in [2.75, 3.05) is 0 Å². The molecule has 4 aromatic rings. The summed E-state index contributed by atoms with van der Waals surface area (Å²) in [4.78, 5) is 19.3. The fourth-order valence-electron chi connectivity index (χ4n) is 4.76. The first kappa shape index (κ1) is 26.0. The van der Waals surface area contributed by atoms with Crippen molar-refractivity contribution in [2.24, 2.45) is 10.7 Å². The topological polar surface area (TPSA) is 95.4 Å². The number of esters is 1. The molecule has 0 aliphatic carbocycles. The van der Waals surface area contributed by atoms with Crippen LogP contribution in [0.25, 0.3) is 16.1 Å². The van der Waals surface area contributed by atoms with Gasteiger partial charge in [0.15, 0.2) is 5.82 Å². The molecule has 7 nitrogen and oxygen atoms in total. The van der Waals surface area contributed by atoms with E-state index in [4.69, 9.17) is 15.5 Å². The summed E-state index contributed by atoms with van der Waals surface area (Å²) in [6.07, 6.45) is 0.0792. The van der Waals surface area contributed by atoms with Gasteiger partial charge < -0.3 is 10.5 Å². The van der Waals surface area contributed by atoms with Gasteiger partial charge in [-0.2, -0.15) is 0 Å². The molecule has 2 N–H and O–H groups in total. The number of thiophene rings is 1. The Hall–Kier alpha value is -3.62. The van der Waals surface area contributed by atoms with E-state index in [0.29, 0.717) is 12.4 Å². The number of aliphatic imine (C=N–C) groups is 1. The maximum absolute atomic E-state index is 12.9. The Morgan fingerprint density at radius 1 is 1.03 bits per heavy atom. The van der Waals surface area contributed by atoms with E-state index >= 15 is 0 Å². The minimum Gasteiger partial charge on any atom is -0.460 e. The molecule has 3 heterocycles. The monoisotopic (exact) mass is 527 g/mol. The average molecular weight is 528 g/mol. The van der Waals surface area contributed by atoms with Crippen LogP contribution in [0.15, 0.2) is 53.5 Å². The fourth-order valence-corrected chi connectivity index (χ4v) is 5.98. The fraction of sp³-hybridized carbons (Fsp3) is 0.333. The summed E-state index contributed by atoms with van der Waals surface area (Å²) in [5, 5.41) is 9.86. The summed E-state index contributed by atoms with van der Waals surface area (Å²) in [7, 11) is 0. The first-order chi connectivity index (χ1) is 18.1. The third kappa shape index (κ3) is 4.93. The van der Waals surface area contributed by atoms with E-state index in [9.17, 15) is 4.79 Å². The normalized spacial score (nSPS) is 14.9. The number of hydrogen-bond donors (Lipinski definition) is 1. The summed E-state index contributed by atoms with van der Waals surface area (Å²) < 4.78 is 7.71. The molecule has 1 atom stereocenters. The Balaban J connectivity index is 1.63. The van der Waals surface area contributed by atoms with Crippen LogP contribution in [-0.4, -0.2) is 32.0 Å². The van der Waals surface area contributed by atoms with Crippen LogP contribution in [0.5, 0.6) is 0 Å². The number of fused-ring (bicyclic) bond motifs is 3. The molecule has 8 heteroatoms. The van der Waals surface area contributed by atoms with Crippen LogP contribution in [0.4, 0.5) is 0 Å². The van der Waals surface area contributed by atoms with Gasteiger partial charge in [-0.1, -0.05) is 42.5 Å². The van der Waals surface area contributed by atoms with Gasteiger partial charge in [0.25, 0.3) is 0 Å². The molecule has 2 aromatic carbocycles. The largest absolute Gasteiger partial charge is 0.460 e. The number of ether oxygens (including phenoxy) is 1. The van der Waals surface area contributed by atoms with Crippen LogP contribution in [0.2, 0.25) is 0 Å². The highest BCUT2D eigenvalue weighted by Crippen LogP contribution is 2.40. The zero-order chi connectivity index (χ0) is 27.2. The molecule has 0 saturated carbocycles. The molecule has 196 valence electrons. The molecule has 0 bridgehead atoms. The number of aryl methyl sites for hydroxylation is 2.